The summed E-state index contributed by atoms with van der Waals surface area (Å²) in [5, 5.41) is 1.72. The minimum absolute atomic E-state index is 0.0253. The van der Waals surface area contributed by atoms with Gasteiger partial charge in [-0.3, -0.25) is 0 Å². The third-order valence-corrected chi connectivity index (χ3v) is 8.43. The van der Waals surface area contributed by atoms with Crippen molar-refractivity contribution in [3.8, 4) is 6.01 Å². The van der Waals surface area contributed by atoms with Crippen LogP contribution in [-0.4, -0.2) is 40.8 Å². The van der Waals surface area contributed by atoms with Crippen molar-refractivity contribution in [2.75, 3.05) is 24.2 Å². The van der Waals surface area contributed by atoms with Gasteiger partial charge in [-0.05, 0) is 50.3 Å². The number of nitrogens with two attached hydrogens (primary N) is 1. The second-order valence-electron chi connectivity index (χ2n) is 14.4. The molecule has 16 heteroatoms. The maximum Gasteiger partial charge on any atom is 0.417 e. The van der Waals surface area contributed by atoms with Crippen molar-refractivity contribution in [2.24, 2.45) is 5.41 Å². The average molecular weight is 907 g/mol. The number of rotatable bonds is 14. The molecule has 3 unspecified atom stereocenters. The molecule has 1 saturated carbocycles. The molecule has 0 bridgehead atoms. The van der Waals surface area contributed by atoms with Gasteiger partial charge < -0.3 is 20.5 Å². The van der Waals surface area contributed by atoms with Gasteiger partial charge in [-0.25, -0.2) is 17.6 Å². The van der Waals surface area contributed by atoms with Gasteiger partial charge in [0, 0.05) is 18.5 Å². The monoisotopic (exact) mass is 907 g/mol. The number of nitrogens with zero attached hydrogens (tertiary/aromatic N) is 2. The number of allylic oxidation sites excluding steroid dienone is 1. The molecule has 1 aromatic carbocycles. The van der Waals surface area contributed by atoms with Gasteiger partial charge in [0.15, 0.2) is 11.9 Å². The van der Waals surface area contributed by atoms with Crippen LogP contribution in [0.4, 0.5) is 51.0 Å². The Balaban J connectivity index is -0.00000212. The Labute approximate surface area is 363 Å². The topological polar surface area (TPSA) is 82.3 Å². The molecule has 0 amide bonds. The molecule has 61 heavy (non-hydrogen) atoms. The Morgan fingerprint density at radius 1 is 0.918 bits per heavy atom. The minimum Gasteiger partial charge on any atom is -0.488 e. The van der Waals surface area contributed by atoms with E-state index in [0.717, 1.165) is 6.92 Å². The van der Waals surface area contributed by atoms with Crippen LogP contribution >= 0.6 is 9.24 Å². The number of anilines is 2. The molecule has 0 aliphatic heterocycles. The summed E-state index contributed by atoms with van der Waals surface area (Å²) in [4.78, 5) is 8.21. The third-order valence-electron chi connectivity index (χ3n) is 8.06. The summed E-state index contributed by atoms with van der Waals surface area (Å²) < 4.78 is 142. The number of benzene rings is 1. The van der Waals surface area contributed by atoms with Gasteiger partial charge in [0.25, 0.3) is 11.6 Å². The van der Waals surface area contributed by atoms with Crippen molar-refractivity contribution in [3.05, 3.63) is 45.7 Å². The lowest BCUT2D eigenvalue weighted by atomic mass is 9.94. The van der Waals surface area contributed by atoms with Gasteiger partial charge in [0.05, 0.1) is 21.9 Å². The molecule has 1 fully saturated rings. The van der Waals surface area contributed by atoms with Crippen molar-refractivity contribution in [1.29, 1.82) is 0 Å². The molecule has 1 aliphatic carbocycles. The van der Waals surface area contributed by atoms with Gasteiger partial charge in [-0.2, -0.15) is 31.9 Å². The van der Waals surface area contributed by atoms with E-state index >= 15 is 4.39 Å². The number of alkyl halides is 7. The zero-order valence-electron chi connectivity index (χ0n) is 39.4. The highest BCUT2D eigenvalue weighted by Crippen LogP contribution is 2.62. The van der Waals surface area contributed by atoms with Crippen LogP contribution in [0.25, 0.3) is 17.2 Å². The first kappa shape index (κ1) is 62.1. The van der Waals surface area contributed by atoms with E-state index in [1.165, 1.54) is 48.8 Å². The van der Waals surface area contributed by atoms with E-state index in [1.807, 2.05) is 13.8 Å². The van der Waals surface area contributed by atoms with Crippen LogP contribution in [0.3, 0.4) is 0 Å². The molecule has 1 heterocycles. The van der Waals surface area contributed by atoms with Crippen LogP contribution in [-0.2, 0) is 10.9 Å². The predicted molar refractivity (Wildman–Crippen MR) is 241 cm³/mol. The van der Waals surface area contributed by atoms with Crippen LogP contribution in [0.2, 0.25) is 0 Å². The van der Waals surface area contributed by atoms with Crippen LogP contribution in [0, 0.1) is 18.2 Å². The average Bonchev–Trinajstić information content (AvgIpc) is 3.75. The summed E-state index contributed by atoms with van der Waals surface area (Å²) in [7, 11) is 1.37. The molecule has 3 N–H and O–H groups in total. The molecule has 356 valence electrons. The largest absolute Gasteiger partial charge is 0.488 e. The van der Waals surface area contributed by atoms with Crippen LogP contribution in [0.15, 0.2) is 12.6 Å². The van der Waals surface area contributed by atoms with E-state index in [0.29, 0.717) is 12.5 Å². The maximum atomic E-state index is 16.6. The molecular weight excluding hydrogens is 830 g/mol. The van der Waals surface area contributed by atoms with Crippen molar-refractivity contribution < 1.29 is 49.0 Å². The molecule has 0 spiro atoms. The number of ether oxygens (including phenoxy) is 2. The number of nitrogen functional groups attached to an aromatic ring is 1. The summed E-state index contributed by atoms with van der Waals surface area (Å²) in [6, 6.07) is -0.0537. The Bertz CT molecular complexity index is 1690. The molecule has 2 aromatic rings. The van der Waals surface area contributed by atoms with Gasteiger partial charge in [-0.15, -0.1) is 0 Å². The quantitative estimate of drug-likeness (QED) is 0.112. The standard InChI is InChI=1S/C31H38F9N4O2P.4C3H8.C2H6/c1-7-10-20(31(39,40)47)46-17(6)21-25(24(33)15(4)18-12-19(41)23(32)16(5)22(18)30(36,37)38)43-27(44-26(21)42-11-8-2)45-14-28(9-3)13-29(28,34)35;4*1-3-2;1-2/h12,20H,4,7-11,13-14,41,47H2,1-3,5-6H3,(H,42,43,44);4*3H2,1-2H3;1-2H3/b21-17-,25-24-;;;;;. The normalized spacial score (nSPS) is 16.3. The maximum absolute atomic E-state index is 16.6. The number of nitrogens with one attached hydrogen (secondary N) is 1. The fourth-order valence-corrected chi connectivity index (χ4v) is 5.38. The lowest BCUT2D eigenvalue weighted by Crippen LogP contribution is -2.39. The summed E-state index contributed by atoms with van der Waals surface area (Å²) in [5.74, 6) is -6.48. The SMILES string of the molecule is C=C(/C(F)=c1/nc(OCC2(CC)CC2(F)F)nc(NCCC)/c1=C(/C)OC(CCC)C(F)(F)P)c1cc(N)c(F)c(C)c1C(F)(F)F.CC.CCC.CCC.CCC.CCC. The molecule has 1 aliphatic rings. The number of aromatic nitrogens is 2. The summed E-state index contributed by atoms with van der Waals surface area (Å²) >= 11 is 0. The number of hydrogen-bond donors (Lipinski definition) is 2. The zero-order valence-corrected chi connectivity index (χ0v) is 40.6. The molecule has 3 atom stereocenters. The van der Waals surface area contributed by atoms with Gasteiger partial charge in [0.2, 0.25) is 0 Å². The van der Waals surface area contributed by atoms with Crippen molar-refractivity contribution in [1.82, 2.24) is 9.97 Å². The van der Waals surface area contributed by atoms with E-state index in [-0.39, 0.29) is 42.6 Å². The highest BCUT2D eigenvalue weighted by Gasteiger charge is 2.70. The molecular formula is C45H76F9N4O2P. The van der Waals surface area contributed by atoms with Crippen molar-refractivity contribution in [3.63, 3.8) is 0 Å². The highest BCUT2D eigenvalue weighted by molar-refractivity contribution is 7.18. The lowest BCUT2D eigenvalue weighted by Gasteiger charge is -2.25. The Hall–Kier alpha value is -3.22. The minimum atomic E-state index is -5.18. The summed E-state index contributed by atoms with van der Waals surface area (Å²) in [5.41, 5.74) is -4.41. The summed E-state index contributed by atoms with van der Waals surface area (Å²) in [6.07, 6.45) is -1.76. The molecule has 0 radical (unpaired) electrons. The van der Waals surface area contributed by atoms with E-state index in [9.17, 15) is 35.1 Å². The van der Waals surface area contributed by atoms with E-state index < -0.39 is 93.3 Å². The van der Waals surface area contributed by atoms with Crippen molar-refractivity contribution in [2.45, 2.75) is 186 Å². The first-order chi connectivity index (χ1) is 28.3. The molecule has 6 nitrogen and oxygen atoms in total. The lowest BCUT2D eigenvalue weighted by molar-refractivity contribution is -0.138. The van der Waals surface area contributed by atoms with Crippen LogP contribution in [0.5, 0.6) is 6.01 Å². The molecule has 0 saturated heterocycles. The molecule has 1 aromatic heterocycles. The third kappa shape index (κ3) is 19.4. The van der Waals surface area contributed by atoms with E-state index in [1.54, 1.807) is 13.8 Å². The molecule has 3 rings (SSSR count). The zero-order chi connectivity index (χ0) is 48.5. The fraction of sp³-hybridized carbons (Fsp3) is 0.689. The van der Waals surface area contributed by atoms with Gasteiger partial charge in [0.1, 0.15) is 29.4 Å². The van der Waals surface area contributed by atoms with Crippen LogP contribution in [0.1, 0.15) is 171 Å². The van der Waals surface area contributed by atoms with Crippen LogP contribution < -0.4 is 26.4 Å². The second-order valence-corrected chi connectivity index (χ2v) is 15.2. The predicted octanol–water partition coefficient (Wildman–Crippen LogP) is 14.4. The van der Waals surface area contributed by atoms with Gasteiger partial charge >= 0.3 is 12.2 Å². The first-order valence-corrected chi connectivity index (χ1v) is 22.1. The Morgan fingerprint density at radius 3 is 1.77 bits per heavy atom. The highest BCUT2D eigenvalue weighted by atomic mass is 31.0. The smallest absolute Gasteiger partial charge is 0.417 e. The van der Waals surface area contributed by atoms with E-state index in [4.69, 9.17) is 15.2 Å². The Kier molecular flexibility index (Phi) is 30.5. The Morgan fingerprint density at radius 2 is 1.39 bits per heavy atom. The summed E-state index contributed by atoms with van der Waals surface area (Å²) in [6.45, 7) is 31.0. The van der Waals surface area contributed by atoms with E-state index in [2.05, 4.69) is 77.3 Å². The first-order valence-electron chi connectivity index (χ1n) is 21.5. The number of hydrogen-bond acceptors (Lipinski definition) is 6. The fourth-order valence-electron chi connectivity index (χ4n) is 5.14. The van der Waals surface area contributed by atoms with Crippen molar-refractivity contribution >= 4 is 37.9 Å². The second kappa shape index (κ2) is 30.0. The van der Waals surface area contributed by atoms with Gasteiger partial charge in [-0.1, -0.05) is 138 Å². The number of halogens is 9.